The molecule has 0 saturated carbocycles. The van der Waals surface area contributed by atoms with Gasteiger partial charge >= 0.3 is 18.1 Å². The number of aromatic nitrogens is 1. The van der Waals surface area contributed by atoms with Gasteiger partial charge < -0.3 is 19.5 Å². The lowest BCUT2D eigenvalue weighted by Gasteiger charge is -2.27. The van der Waals surface area contributed by atoms with E-state index in [0.717, 1.165) is 43.1 Å². The molecule has 3 aromatic rings. The molecule has 2 heterocycles. The number of hydrogen-bond donors (Lipinski definition) is 2. The highest BCUT2D eigenvalue weighted by atomic mass is 35.5. The third-order valence-corrected chi connectivity index (χ3v) is 6.39. The Kier molecular flexibility index (Phi) is 9.45. The SMILES string of the molecule is Cn1c2c(c3ccc(OCCCc4ccc(Cl)cc4)cc31)CCN(CCC(=O)O)C2.O=C(O)C(F)(F)F. The van der Waals surface area contributed by atoms with Crippen LogP contribution in [0.1, 0.15) is 29.7 Å². The zero-order valence-electron chi connectivity index (χ0n) is 20.2. The number of fused-ring (bicyclic) bond motifs is 3. The smallest absolute Gasteiger partial charge is 0.490 e. The third kappa shape index (κ3) is 7.87. The van der Waals surface area contributed by atoms with E-state index < -0.39 is 18.1 Å². The maximum absolute atomic E-state index is 10.9. The molecular weight excluding hydrogens is 513 g/mol. The number of benzene rings is 2. The summed E-state index contributed by atoms with van der Waals surface area (Å²) in [6.45, 7) is 2.97. The summed E-state index contributed by atoms with van der Waals surface area (Å²) in [5.41, 5.74) is 5.10. The van der Waals surface area contributed by atoms with E-state index in [9.17, 15) is 18.0 Å². The molecule has 0 saturated heterocycles. The Hall–Kier alpha value is -3.24. The van der Waals surface area contributed by atoms with Gasteiger partial charge in [-0.05, 0) is 54.7 Å². The second-order valence-electron chi connectivity index (χ2n) is 8.71. The van der Waals surface area contributed by atoms with Crippen molar-refractivity contribution in [3.05, 3.63) is 64.3 Å². The average Bonchev–Trinajstić information content (AvgIpc) is 3.12. The standard InChI is InChI=1S/C24H27ClN2O3.C2HF3O2/c1-26-22-15-19(30-14-2-3-17-4-6-18(25)7-5-17)8-9-20(22)21-10-12-27(16-23(21)26)13-11-24(28)29;3-2(4,5)1(6)7/h4-9,15H,2-3,10-14,16H2,1H3,(H,28,29);(H,6,7). The summed E-state index contributed by atoms with van der Waals surface area (Å²) in [4.78, 5) is 22.0. The molecule has 200 valence electrons. The average molecular weight is 541 g/mol. The maximum Gasteiger partial charge on any atom is 0.490 e. The molecule has 1 aromatic heterocycles. The normalized spacial score (nSPS) is 13.5. The molecule has 1 aliphatic heterocycles. The van der Waals surface area contributed by atoms with Crippen molar-refractivity contribution in [1.29, 1.82) is 0 Å². The van der Waals surface area contributed by atoms with Gasteiger partial charge in [-0.25, -0.2) is 4.79 Å². The van der Waals surface area contributed by atoms with Crippen molar-refractivity contribution in [2.75, 3.05) is 19.7 Å². The zero-order chi connectivity index (χ0) is 27.2. The molecule has 0 bridgehead atoms. The molecule has 0 atom stereocenters. The molecule has 0 amide bonds. The number of hydrogen-bond acceptors (Lipinski definition) is 4. The Morgan fingerprint density at radius 1 is 1.11 bits per heavy atom. The quantitative estimate of drug-likeness (QED) is 0.376. The first-order chi connectivity index (χ1) is 17.5. The Bertz CT molecular complexity index is 1240. The van der Waals surface area contributed by atoms with Crippen molar-refractivity contribution in [2.24, 2.45) is 7.05 Å². The van der Waals surface area contributed by atoms with E-state index in [1.807, 2.05) is 12.1 Å². The highest BCUT2D eigenvalue weighted by Gasteiger charge is 2.38. The predicted molar refractivity (Wildman–Crippen MR) is 133 cm³/mol. The minimum atomic E-state index is -5.08. The van der Waals surface area contributed by atoms with Crippen LogP contribution in [0.3, 0.4) is 0 Å². The van der Waals surface area contributed by atoms with E-state index in [1.54, 1.807) is 0 Å². The van der Waals surface area contributed by atoms with Crippen LogP contribution in [0.5, 0.6) is 5.75 Å². The van der Waals surface area contributed by atoms with Gasteiger partial charge in [0, 0.05) is 48.9 Å². The Balaban J connectivity index is 0.000000479. The molecule has 7 nitrogen and oxygen atoms in total. The van der Waals surface area contributed by atoms with Gasteiger partial charge in [0.1, 0.15) is 5.75 Å². The fraction of sp³-hybridized carbons (Fsp3) is 0.385. The maximum atomic E-state index is 10.9. The Morgan fingerprint density at radius 3 is 2.41 bits per heavy atom. The molecule has 0 fully saturated rings. The molecule has 4 rings (SSSR count). The van der Waals surface area contributed by atoms with Crippen LogP contribution in [-0.2, 0) is 36.0 Å². The predicted octanol–water partition coefficient (Wildman–Crippen LogP) is 5.31. The van der Waals surface area contributed by atoms with E-state index in [-0.39, 0.29) is 6.42 Å². The summed E-state index contributed by atoms with van der Waals surface area (Å²) in [7, 11) is 2.09. The van der Waals surface area contributed by atoms with E-state index in [1.165, 1.54) is 27.7 Å². The fourth-order valence-electron chi connectivity index (χ4n) is 4.24. The van der Waals surface area contributed by atoms with Gasteiger partial charge in [0.15, 0.2) is 0 Å². The van der Waals surface area contributed by atoms with Crippen LogP contribution in [0.2, 0.25) is 5.02 Å². The molecule has 0 radical (unpaired) electrons. The molecule has 37 heavy (non-hydrogen) atoms. The number of alkyl halides is 3. The number of carbonyl (C=O) groups is 2. The second kappa shape index (κ2) is 12.3. The summed E-state index contributed by atoms with van der Waals surface area (Å²) >= 11 is 5.93. The molecule has 2 N–H and O–H groups in total. The fourth-order valence-corrected chi connectivity index (χ4v) is 4.37. The first-order valence-electron chi connectivity index (χ1n) is 11.7. The van der Waals surface area contributed by atoms with Crippen LogP contribution in [0.15, 0.2) is 42.5 Å². The molecule has 1 aliphatic rings. The molecule has 0 spiro atoms. The van der Waals surface area contributed by atoms with Crippen molar-refractivity contribution in [1.82, 2.24) is 9.47 Å². The number of rotatable bonds is 8. The van der Waals surface area contributed by atoms with E-state index in [4.69, 9.17) is 31.3 Å². The van der Waals surface area contributed by atoms with Crippen LogP contribution in [0, 0.1) is 0 Å². The summed E-state index contributed by atoms with van der Waals surface area (Å²) in [6, 6.07) is 14.3. The number of nitrogens with zero attached hydrogens (tertiary/aromatic N) is 2. The summed E-state index contributed by atoms with van der Waals surface area (Å²) < 4.78 is 40.0. The zero-order valence-corrected chi connectivity index (χ0v) is 21.0. The number of carboxylic acids is 2. The summed E-state index contributed by atoms with van der Waals surface area (Å²) in [6.07, 6.45) is -2.03. The van der Waals surface area contributed by atoms with Crippen LogP contribution in [0.25, 0.3) is 10.9 Å². The number of halogens is 4. The first kappa shape index (κ1) is 28.3. The van der Waals surface area contributed by atoms with Gasteiger partial charge in [-0.2, -0.15) is 13.2 Å². The van der Waals surface area contributed by atoms with Gasteiger partial charge in [0.25, 0.3) is 0 Å². The van der Waals surface area contributed by atoms with Crippen molar-refractivity contribution < 1.29 is 37.7 Å². The van der Waals surface area contributed by atoms with Crippen LogP contribution in [0.4, 0.5) is 13.2 Å². The van der Waals surface area contributed by atoms with Gasteiger partial charge in [0.05, 0.1) is 18.5 Å². The van der Waals surface area contributed by atoms with Crippen molar-refractivity contribution in [3.8, 4) is 5.75 Å². The molecular formula is C26H28ClF3N2O5. The Morgan fingerprint density at radius 2 is 1.78 bits per heavy atom. The lowest BCUT2D eigenvalue weighted by Crippen LogP contribution is -2.32. The third-order valence-electron chi connectivity index (χ3n) is 6.14. The van der Waals surface area contributed by atoms with Crippen LogP contribution < -0.4 is 4.74 Å². The first-order valence-corrected chi connectivity index (χ1v) is 12.0. The lowest BCUT2D eigenvalue weighted by atomic mass is 10.0. The summed E-state index contributed by atoms with van der Waals surface area (Å²) in [5.74, 6) is -2.61. The van der Waals surface area contributed by atoms with Crippen molar-refractivity contribution >= 4 is 34.4 Å². The number of aryl methyl sites for hydroxylation is 2. The number of ether oxygens (including phenoxy) is 1. The monoisotopic (exact) mass is 540 g/mol. The highest BCUT2D eigenvalue weighted by molar-refractivity contribution is 6.30. The van der Waals surface area contributed by atoms with Crippen molar-refractivity contribution in [3.63, 3.8) is 0 Å². The lowest BCUT2D eigenvalue weighted by molar-refractivity contribution is -0.192. The molecule has 0 aliphatic carbocycles. The van der Waals surface area contributed by atoms with Crippen molar-refractivity contribution in [2.45, 2.75) is 38.4 Å². The number of aliphatic carboxylic acids is 2. The second-order valence-corrected chi connectivity index (χ2v) is 9.15. The largest absolute Gasteiger partial charge is 0.494 e. The molecule has 11 heteroatoms. The van der Waals surface area contributed by atoms with Crippen LogP contribution in [-0.4, -0.2) is 57.5 Å². The van der Waals surface area contributed by atoms with E-state index in [0.29, 0.717) is 13.2 Å². The molecule has 2 aromatic carbocycles. The highest BCUT2D eigenvalue weighted by Crippen LogP contribution is 2.32. The van der Waals surface area contributed by atoms with E-state index in [2.05, 4.69) is 46.8 Å². The summed E-state index contributed by atoms with van der Waals surface area (Å²) in [5, 5.41) is 18.1. The van der Waals surface area contributed by atoms with Crippen LogP contribution >= 0.6 is 11.6 Å². The van der Waals surface area contributed by atoms with E-state index >= 15 is 0 Å². The van der Waals surface area contributed by atoms with Gasteiger partial charge in [0.2, 0.25) is 0 Å². The minimum Gasteiger partial charge on any atom is -0.494 e. The Labute approximate surface area is 217 Å². The topological polar surface area (TPSA) is 92.0 Å². The van der Waals surface area contributed by atoms with Gasteiger partial charge in [-0.15, -0.1) is 0 Å². The molecule has 0 unspecified atom stereocenters. The minimum absolute atomic E-state index is 0.188. The number of carboxylic acid groups (broad SMARTS) is 2. The van der Waals surface area contributed by atoms with Gasteiger partial charge in [-0.3, -0.25) is 9.69 Å². The van der Waals surface area contributed by atoms with Gasteiger partial charge in [-0.1, -0.05) is 23.7 Å².